The van der Waals surface area contributed by atoms with Crippen LogP contribution in [0.25, 0.3) is 0 Å². The molecule has 0 saturated heterocycles. The van der Waals surface area contributed by atoms with Gasteiger partial charge in [0.05, 0.1) is 25.8 Å². The molecule has 0 saturated carbocycles. The van der Waals surface area contributed by atoms with Gasteiger partial charge in [0.1, 0.15) is 16.8 Å². The lowest BCUT2D eigenvalue weighted by Crippen LogP contribution is -2.45. The van der Waals surface area contributed by atoms with E-state index in [2.05, 4.69) is 16.7 Å². The summed E-state index contributed by atoms with van der Waals surface area (Å²) in [5.41, 5.74) is 7.35. The van der Waals surface area contributed by atoms with Crippen LogP contribution in [-0.2, 0) is 29.0 Å². The molecule has 1 aliphatic rings. The lowest BCUT2D eigenvalue weighted by molar-refractivity contribution is -0.117. The zero-order valence-corrected chi connectivity index (χ0v) is 17.9. The number of nitrogens with zero attached hydrogens (tertiary/aromatic N) is 2. The van der Waals surface area contributed by atoms with Gasteiger partial charge in [-0.2, -0.15) is 5.26 Å². The average molecular weight is 442 g/mol. The maximum Gasteiger partial charge on any atom is 0.318 e. The molecule has 0 atom stereocenters. The normalized spacial score (nSPS) is 12.5. The summed E-state index contributed by atoms with van der Waals surface area (Å²) in [6.45, 7) is 0.482. The molecule has 0 unspecified atom stereocenters. The third-order valence-electron chi connectivity index (χ3n) is 4.90. The topological polar surface area (TPSA) is 138 Å². The van der Waals surface area contributed by atoms with Crippen LogP contribution in [0, 0.1) is 11.3 Å². The number of hydrogen-bond donors (Lipinski definition) is 3. The van der Waals surface area contributed by atoms with Crippen molar-refractivity contribution in [2.45, 2.75) is 25.8 Å². The molecular formula is C21H23N5O4S. The summed E-state index contributed by atoms with van der Waals surface area (Å²) in [5, 5.41) is 15.4. The molecule has 0 aliphatic carbocycles. The number of aryl methyl sites for hydroxylation is 1. The molecule has 4 N–H and O–H groups in total. The average Bonchev–Trinajstić information content (AvgIpc) is 3.12. The molecule has 10 heteroatoms. The molecular weight excluding hydrogens is 418 g/mol. The number of anilines is 1. The first-order valence-electron chi connectivity index (χ1n) is 9.69. The van der Waals surface area contributed by atoms with Crippen molar-refractivity contribution in [3.8, 4) is 11.8 Å². The Bertz CT molecular complexity index is 1040. The number of urea groups is 1. The highest BCUT2D eigenvalue weighted by Crippen LogP contribution is 2.36. The SMILES string of the molecule is COc1cccc(CCC(=O)Nc2sc3c(c2C#N)CCN(C(=O)NCC(N)=O)C3)c1. The fourth-order valence-electron chi connectivity index (χ4n) is 3.33. The molecule has 0 bridgehead atoms. The van der Waals surface area contributed by atoms with Crippen LogP contribution in [0.2, 0.25) is 0 Å². The Morgan fingerprint density at radius 2 is 2.16 bits per heavy atom. The lowest BCUT2D eigenvalue weighted by atomic mass is 10.0. The van der Waals surface area contributed by atoms with Crippen molar-refractivity contribution in [3.63, 3.8) is 0 Å². The molecule has 2 heterocycles. The minimum atomic E-state index is -0.618. The van der Waals surface area contributed by atoms with Crippen LogP contribution in [0.3, 0.4) is 0 Å². The number of methoxy groups -OCH3 is 1. The van der Waals surface area contributed by atoms with Gasteiger partial charge in [0.2, 0.25) is 11.8 Å². The Balaban J connectivity index is 1.64. The highest BCUT2D eigenvalue weighted by Gasteiger charge is 2.27. The third kappa shape index (κ3) is 5.52. The predicted molar refractivity (Wildman–Crippen MR) is 116 cm³/mol. The van der Waals surface area contributed by atoms with Gasteiger partial charge in [0.25, 0.3) is 0 Å². The summed E-state index contributed by atoms with van der Waals surface area (Å²) < 4.78 is 5.20. The van der Waals surface area contributed by atoms with Crippen LogP contribution in [-0.4, -0.2) is 42.9 Å². The van der Waals surface area contributed by atoms with E-state index in [9.17, 15) is 19.6 Å². The van der Waals surface area contributed by atoms with Gasteiger partial charge in [0, 0.05) is 17.8 Å². The first kappa shape index (κ1) is 22.1. The Morgan fingerprint density at radius 3 is 2.87 bits per heavy atom. The van der Waals surface area contributed by atoms with Gasteiger partial charge in [-0.3, -0.25) is 9.59 Å². The number of primary amides is 1. The van der Waals surface area contributed by atoms with Gasteiger partial charge in [0.15, 0.2) is 0 Å². The number of nitrogens with two attached hydrogens (primary N) is 1. The summed E-state index contributed by atoms with van der Waals surface area (Å²) in [6, 6.07) is 9.32. The molecule has 31 heavy (non-hydrogen) atoms. The van der Waals surface area contributed by atoms with Crippen LogP contribution >= 0.6 is 11.3 Å². The molecule has 0 spiro atoms. The van der Waals surface area contributed by atoms with E-state index in [0.717, 1.165) is 21.8 Å². The van der Waals surface area contributed by atoms with E-state index in [1.165, 1.54) is 11.3 Å². The van der Waals surface area contributed by atoms with E-state index in [4.69, 9.17) is 10.5 Å². The van der Waals surface area contributed by atoms with Crippen LogP contribution < -0.4 is 21.1 Å². The number of benzene rings is 1. The first-order chi connectivity index (χ1) is 14.9. The fraction of sp³-hybridized carbons (Fsp3) is 0.333. The van der Waals surface area contributed by atoms with Gasteiger partial charge in [-0.05, 0) is 36.1 Å². The number of carbonyl (C=O) groups excluding carboxylic acids is 3. The van der Waals surface area contributed by atoms with Crippen molar-refractivity contribution >= 4 is 34.2 Å². The minimum absolute atomic E-state index is 0.186. The second-order valence-corrected chi connectivity index (χ2v) is 8.12. The summed E-state index contributed by atoms with van der Waals surface area (Å²) in [4.78, 5) is 37.9. The number of thiophene rings is 1. The third-order valence-corrected chi connectivity index (χ3v) is 6.03. The van der Waals surface area contributed by atoms with Crippen molar-refractivity contribution in [1.82, 2.24) is 10.2 Å². The van der Waals surface area contributed by atoms with Crippen LogP contribution in [0.15, 0.2) is 24.3 Å². The molecule has 1 aromatic heterocycles. The van der Waals surface area contributed by atoms with Crippen LogP contribution in [0.4, 0.5) is 9.80 Å². The number of ether oxygens (including phenoxy) is 1. The van der Waals surface area contributed by atoms with Gasteiger partial charge in [-0.25, -0.2) is 4.79 Å². The van der Waals surface area contributed by atoms with Crippen LogP contribution in [0.1, 0.15) is 28.0 Å². The predicted octanol–water partition coefficient (Wildman–Crippen LogP) is 1.75. The monoisotopic (exact) mass is 441 g/mol. The van der Waals surface area contributed by atoms with E-state index in [-0.39, 0.29) is 24.9 Å². The van der Waals surface area contributed by atoms with Gasteiger partial charge in [-0.1, -0.05) is 12.1 Å². The molecule has 9 nitrogen and oxygen atoms in total. The van der Waals surface area contributed by atoms with Crippen LogP contribution in [0.5, 0.6) is 5.75 Å². The van der Waals surface area contributed by atoms with E-state index in [1.807, 2.05) is 24.3 Å². The zero-order valence-electron chi connectivity index (χ0n) is 17.1. The Hall–Kier alpha value is -3.58. The maximum atomic E-state index is 12.5. The maximum absolute atomic E-state index is 12.5. The first-order valence-corrected chi connectivity index (χ1v) is 10.5. The second kappa shape index (κ2) is 9.95. The number of hydrogen-bond acceptors (Lipinski definition) is 6. The number of nitrogens with one attached hydrogen (secondary N) is 2. The zero-order chi connectivity index (χ0) is 22.4. The molecule has 162 valence electrons. The summed E-state index contributed by atoms with van der Waals surface area (Å²) in [6.07, 6.45) is 1.31. The quantitative estimate of drug-likeness (QED) is 0.601. The molecule has 3 rings (SSSR count). The molecule has 1 aromatic carbocycles. The van der Waals surface area contributed by atoms with Gasteiger partial charge < -0.3 is 26.0 Å². The standard InChI is InChI=1S/C21H23N5O4S/c1-30-14-4-2-3-13(9-14)5-6-19(28)25-20-16(10-22)15-7-8-26(12-17(15)31-20)21(29)24-11-18(23)27/h2-4,9H,5-8,11-12H2,1H3,(H2,23,27)(H,24,29)(H,25,28). The highest BCUT2D eigenvalue weighted by molar-refractivity contribution is 7.16. The Morgan fingerprint density at radius 1 is 1.35 bits per heavy atom. The molecule has 0 fully saturated rings. The molecule has 1 aliphatic heterocycles. The van der Waals surface area contributed by atoms with E-state index >= 15 is 0 Å². The summed E-state index contributed by atoms with van der Waals surface area (Å²) in [7, 11) is 1.59. The largest absolute Gasteiger partial charge is 0.497 e. The minimum Gasteiger partial charge on any atom is -0.497 e. The van der Waals surface area contributed by atoms with E-state index in [0.29, 0.717) is 36.5 Å². The Kier molecular flexibility index (Phi) is 7.10. The highest BCUT2D eigenvalue weighted by atomic mass is 32.1. The molecule has 0 radical (unpaired) electrons. The van der Waals surface area contributed by atoms with Crippen molar-refractivity contribution < 1.29 is 19.1 Å². The van der Waals surface area contributed by atoms with Crippen molar-refractivity contribution in [1.29, 1.82) is 5.26 Å². The molecule has 2 aromatic rings. The Labute approximate surface area is 183 Å². The van der Waals surface area contributed by atoms with Crippen molar-refractivity contribution in [3.05, 3.63) is 45.8 Å². The fourth-order valence-corrected chi connectivity index (χ4v) is 4.56. The van der Waals surface area contributed by atoms with E-state index in [1.54, 1.807) is 12.0 Å². The van der Waals surface area contributed by atoms with Gasteiger partial charge >= 0.3 is 6.03 Å². The van der Waals surface area contributed by atoms with E-state index < -0.39 is 5.91 Å². The number of carbonyl (C=O) groups is 3. The van der Waals surface area contributed by atoms with Crippen molar-refractivity contribution in [2.75, 3.05) is 25.5 Å². The summed E-state index contributed by atoms with van der Waals surface area (Å²) in [5.74, 6) is -0.0677. The smallest absolute Gasteiger partial charge is 0.318 e. The van der Waals surface area contributed by atoms with Crippen molar-refractivity contribution in [2.24, 2.45) is 5.73 Å². The molecule has 4 amide bonds. The summed E-state index contributed by atoms with van der Waals surface area (Å²) >= 11 is 1.30. The number of fused-ring (bicyclic) bond motifs is 1. The number of amides is 4. The number of rotatable bonds is 7. The van der Waals surface area contributed by atoms with Gasteiger partial charge in [-0.15, -0.1) is 11.3 Å². The second-order valence-electron chi connectivity index (χ2n) is 7.02. The lowest BCUT2D eigenvalue weighted by Gasteiger charge is -2.26. The number of nitriles is 1.